The van der Waals surface area contributed by atoms with E-state index < -0.39 is 5.97 Å². The van der Waals surface area contributed by atoms with Crippen LogP contribution in [-0.4, -0.2) is 59.1 Å². The third-order valence-electron chi connectivity index (χ3n) is 3.60. The van der Waals surface area contributed by atoms with E-state index in [1.54, 1.807) is 0 Å². The number of aliphatic carboxylic acids is 1. The molecule has 0 saturated carbocycles. The number of hydrogen-bond acceptors (Lipinski definition) is 3. The van der Waals surface area contributed by atoms with Crippen molar-refractivity contribution in [2.75, 3.05) is 20.1 Å². The summed E-state index contributed by atoms with van der Waals surface area (Å²) in [7, 11) is 2.09. The van der Waals surface area contributed by atoms with Gasteiger partial charge in [0.2, 0.25) is 0 Å². The SMILES string of the molecule is CC1CCN(C(C)C)C(CC(=O)O)CN1C. The van der Waals surface area contributed by atoms with Gasteiger partial charge in [0.25, 0.3) is 0 Å². The van der Waals surface area contributed by atoms with E-state index in [1.165, 1.54) is 0 Å². The van der Waals surface area contributed by atoms with Gasteiger partial charge in [-0.2, -0.15) is 0 Å². The van der Waals surface area contributed by atoms with E-state index in [0.29, 0.717) is 12.1 Å². The second kappa shape index (κ2) is 5.64. The van der Waals surface area contributed by atoms with E-state index in [-0.39, 0.29) is 12.5 Å². The maximum atomic E-state index is 10.9. The molecule has 0 amide bonds. The molecular weight excluding hydrogens is 204 g/mol. The molecule has 4 nitrogen and oxygen atoms in total. The quantitative estimate of drug-likeness (QED) is 0.790. The first-order valence-electron chi connectivity index (χ1n) is 6.09. The first kappa shape index (κ1) is 13.5. The molecule has 1 aliphatic rings. The summed E-state index contributed by atoms with van der Waals surface area (Å²) in [6.45, 7) is 8.35. The van der Waals surface area contributed by atoms with Crippen LogP contribution in [0.5, 0.6) is 0 Å². The summed E-state index contributed by atoms with van der Waals surface area (Å²) < 4.78 is 0. The number of nitrogens with zero attached hydrogens (tertiary/aromatic N) is 2. The first-order valence-corrected chi connectivity index (χ1v) is 6.09. The standard InChI is InChI=1S/C12H24N2O2/c1-9(2)14-6-5-10(3)13(4)8-11(14)7-12(15)16/h9-11H,5-8H2,1-4H3,(H,15,16). The van der Waals surface area contributed by atoms with Gasteiger partial charge in [0.15, 0.2) is 0 Å². The molecular formula is C12H24N2O2. The predicted molar refractivity (Wildman–Crippen MR) is 64.6 cm³/mol. The summed E-state index contributed by atoms with van der Waals surface area (Å²) >= 11 is 0. The Morgan fingerprint density at radius 2 is 2.12 bits per heavy atom. The molecule has 0 aromatic heterocycles. The monoisotopic (exact) mass is 228 g/mol. The molecule has 0 aromatic rings. The maximum Gasteiger partial charge on any atom is 0.304 e. The van der Waals surface area contributed by atoms with Crippen molar-refractivity contribution in [3.63, 3.8) is 0 Å². The smallest absolute Gasteiger partial charge is 0.304 e. The van der Waals surface area contributed by atoms with Gasteiger partial charge in [0.1, 0.15) is 0 Å². The molecule has 4 heteroatoms. The molecule has 1 N–H and O–H groups in total. The fraction of sp³-hybridized carbons (Fsp3) is 0.917. The molecule has 0 radical (unpaired) electrons. The van der Waals surface area contributed by atoms with Crippen molar-refractivity contribution >= 4 is 5.97 Å². The Bertz CT molecular complexity index is 243. The highest BCUT2D eigenvalue weighted by Crippen LogP contribution is 2.18. The van der Waals surface area contributed by atoms with Crippen LogP contribution in [0.3, 0.4) is 0 Å². The summed E-state index contributed by atoms with van der Waals surface area (Å²) in [6, 6.07) is 1.11. The maximum absolute atomic E-state index is 10.9. The Morgan fingerprint density at radius 1 is 1.50 bits per heavy atom. The highest BCUT2D eigenvalue weighted by molar-refractivity contribution is 5.67. The second-order valence-corrected chi connectivity index (χ2v) is 5.16. The molecule has 0 aromatic carbocycles. The van der Waals surface area contributed by atoms with Gasteiger partial charge in [-0.05, 0) is 34.2 Å². The van der Waals surface area contributed by atoms with E-state index in [4.69, 9.17) is 5.11 Å². The minimum atomic E-state index is -0.696. The van der Waals surface area contributed by atoms with Crippen molar-refractivity contribution in [3.05, 3.63) is 0 Å². The zero-order valence-electron chi connectivity index (χ0n) is 10.8. The van der Waals surface area contributed by atoms with Crippen LogP contribution in [0.1, 0.15) is 33.6 Å². The molecule has 1 heterocycles. The molecule has 0 spiro atoms. The van der Waals surface area contributed by atoms with Gasteiger partial charge in [-0.25, -0.2) is 0 Å². The molecule has 0 aliphatic carbocycles. The van der Waals surface area contributed by atoms with Crippen LogP contribution in [0, 0.1) is 0 Å². The molecule has 1 aliphatic heterocycles. The average molecular weight is 228 g/mol. The molecule has 2 atom stereocenters. The summed E-state index contributed by atoms with van der Waals surface area (Å²) in [6.07, 6.45) is 1.36. The fourth-order valence-corrected chi connectivity index (χ4v) is 2.42. The molecule has 0 bridgehead atoms. The van der Waals surface area contributed by atoms with Gasteiger partial charge in [-0.15, -0.1) is 0 Å². The van der Waals surface area contributed by atoms with Gasteiger partial charge in [0, 0.05) is 31.2 Å². The number of likely N-dealkylation sites (N-methyl/N-ethyl adjacent to an activating group) is 1. The van der Waals surface area contributed by atoms with Crippen molar-refractivity contribution in [1.82, 2.24) is 9.80 Å². The highest BCUT2D eigenvalue weighted by atomic mass is 16.4. The molecule has 1 saturated heterocycles. The van der Waals surface area contributed by atoms with Gasteiger partial charge < -0.3 is 10.0 Å². The minimum absolute atomic E-state index is 0.146. The lowest BCUT2D eigenvalue weighted by Gasteiger charge is -2.33. The zero-order valence-corrected chi connectivity index (χ0v) is 10.8. The van der Waals surface area contributed by atoms with Crippen molar-refractivity contribution in [1.29, 1.82) is 0 Å². The summed E-state index contributed by atoms with van der Waals surface area (Å²) in [5.74, 6) is -0.696. The van der Waals surface area contributed by atoms with Crippen molar-refractivity contribution < 1.29 is 9.90 Å². The molecule has 2 unspecified atom stereocenters. The van der Waals surface area contributed by atoms with E-state index in [9.17, 15) is 4.79 Å². The predicted octanol–water partition coefficient (Wildman–Crippen LogP) is 1.26. The van der Waals surface area contributed by atoms with E-state index in [1.807, 2.05) is 0 Å². The summed E-state index contributed by atoms with van der Waals surface area (Å²) in [4.78, 5) is 15.5. The van der Waals surface area contributed by atoms with E-state index in [0.717, 1.165) is 19.5 Å². The average Bonchev–Trinajstić information content (AvgIpc) is 2.27. The van der Waals surface area contributed by atoms with Gasteiger partial charge >= 0.3 is 5.97 Å². The number of rotatable bonds is 3. The van der Waals surface area contributed by atoms with E-state index >= 15 is 0 Å². The van der Waals surface area contributed by atoms with Crippen LogP contribution in [0.2, 0.25) is 0 Å². The Kier molecular flexibility index (Phi) is 4.74. The zero-order chi connectivity index (χ0) is 12.3. The molecule has 94 valence electrons. The third-order valence-corrected chi connectivity index (χ3v) is 3.60. The second-order valence-electron chi connectivity index (χ2n) is 5.16. The summed E-state index contributed by atoms with van der Waals surface area (Å²) in [5, 5.41) is 8.96. The van der Waals surface area contributed by atoms with Crippen LogP contribution < -0.4 is 0 Å². The molecule has 16 heavy (non-hydrogen) atoms. The minimum Gasteiger partial charge on any atom is -0.481 e. The number of hydrogen-bond donors (Lipinski definition) is 1. The Balaban J connectivity index is 2.75. The highest BCUT2D eigenvalue weighted by Gasteiger charge is 2.29. The van der Waals surface area contributed by atoms with Crippen LogP contribution in [0.25, 0.3) is 0 Å². The number of carbonyl (C=O) groups is 1. The van der Waals surface area contributed by atoms with Crippen LogP contribution in [0.4, 0.5) is 0 Å². The van der Waals surface area contributed by atoms with E-state index in [2.05, 4.69) is 37.6 Å². The lowest BCUT2D eigenvalue weighted by atomic mass is 10.1. The van der Waals surface area contributed by atoms with Gasteiger partial charge in [-0.3, -0.25) is 9.69 Å². The van der Waals surface area contributed by atoms with Crippen LogP contribution >= 0.6 is 0 Å². The number of carboxylic acid groups (broad SMARTS) is 1. The fourth-order valence-electron chi connectivity index (χ4n) is 2.42. The van der Waals surface area contributed by atoms with Crippen molar-refractivity contribution in [2.24, 2.45) is 0 Å². The van der Waals surface area contributed by atoms with Gasteiger partial charge in [0.05, 0.1) is 6.42 Å². The van der Waals surface area contributed by atoms with Crippen LogP contribution in [-0.2, 0) is 4.79 Å². The summed E-state index contributed by atoms with van der Waals surface area (Å²) in [5.41, 5.74) is 0. The normalized spacial score (nSPS) is 29.3. The van der Waals surface area contributed by atoms with Crippen molar-refractivity contribution in [3.8, 4) is 0 Å². The topological polar surface area (TPSA) is 43.8 Å². The Hall–Kier alpha value is -0.610. The number of carboxylic acids is 1. The Labute approximate surface area is 98.2 Å². The lowest BCUT2D eigenvalue weighted by molar-refractivity contribution is -0.138. The first-order chi connectivity index (χ1) is 7.41. The van der Waals surface area contributed by atoms with Crippen molar-refractivity contribution in [2.45, 2.75) is 51.7 Å². The molecule has 1 rings (SSSR count). The largest absolute Gasteiger partial charge is 0.481 e. The third kappa shape index (κ3) is 3.46. The van der Waals surface area contributed by atoms with Gasteiger partial charge in [-0.1, -0.05) is 0 Å². The van der Waals surface area contributed by atoms with Crippen LogP contribution in [0.15, 0.2) is 0 Å². The Morgan fingerprint density at radius 3 is 2.62 bits per heavy atom. The molecule has 1 fully saturated rings. The lowest BCUT2D eigenvalue weighted by Crippen LogP contribution is -2.45.